The van der Waals surface area contributed by atoms with E-state index in [0.29, 0.717) is 5.56 Å². The third-order valence-electron chi connectivity index (χ3n) is 6.06. The van der Waals surface area contributed by atoms with Crippen LogP contribution in [-0.4, -0.2) is 76.6 Å². The number of esters is 1. The van der Waals surface area contributed by atoms with Gasteiger partial charge >= 0.3 is 5.97 Å². The molecule has 0 radical (unpaired) electrons. The van der Waals surface area contributed by atoms with Gasteiger partial charge in [0.05, 0.1) is 12.5 Å². The molecule has 3 rings (SSSR count). The molecule has 36 heavy (non-hydrogen) atoms. The third kappa shape index (κ3) is 5.72. The van der Waals surface area contributed by atoms with Crippen molar-refractivity contribution in [3.8, 4) is 0 Å². The summed E-state index contributed by atoms with van der Waals surface area (Å²) in [5.74, 6) is -3.50. The Morgan fingerprint density at radius 1 is 0.917 bits per heavy atom. The summed E-state index contributed by atoms with van der Waals surface area (Å²) < 4.78 is 5.46. The zero-order valence-corrected chi connectivity index (χ0v) is 21.4. The number of amides is 4. The van der Waals surface area contributed by atoms with Gasteiger partial charge in [-0.25, -0.2) is 4.79 Å². The molecule has 3 N–H and O–H groups in total. The first-order valence-corrected chi connectivity index (χ1v) is 11.7. The van der Waals surface area contributed by atoms with Gasteiger partial charge in [-0.05, 0) is 47.1 Å². The number of hydrogen-bond donors (Lipinski definition) is 3. The Labute approximate surface area is 210 Å². The van der Waals surface area contributed by atoms with Crippen LogP contribution in [0.2, 0.25) is 0 Å². The highest BCUT2D eigenvalue weighted by atomic mass is 16.5. The highest BCUT2D eigenvalue weighted by Gasteiger charge is 2.43. The van der Waals surface area contributed by atoms with Crippen molar-refractivity contribution >= 4 is 35.4 Å². The van der Waals surface area contributed by atoms with E-state index in [1.54, 1.807) is 44.2 Å². The topological polar surface area (TPSA) is 146 Å². The molecule has 11 nitrogen and oxygen atoms in total. The summed E-state index contributed by atoms with van der Waals surface area (Å²) >= 11 is 0. The van der Waals surface area contributed by atoms with E-state index >= 15 is 0 Å². The number of amidine groups is 1. The Kier molecular flexibility index (Phi) is 7.24. The monoisotopic (exact) mass is 499 g/mol. The molecule has 1 fully saturated rings. The second-order valence-corrected chi connectivity index (χ2v) is 10.5. The van der Waals surface area contributed by atoms with Gasteiger partial charge in [0, 0.05) is 0 Å². The molecule has 2 aliphatic heterocycles. The van der Waals surface area contributed by atoms with Gasteiger partial charge in [-0.1, -0.05) is 30.3 Å². The first kappa shape index (κ1) is 26.8. The van der Waals surface area contributed by atoms with Gasteiger partial charge in [0.25, 0.3) is 5.91 Å². The lowest BCUT2D eigenvalue weighted by Crippen LogP contribution is -2.58. The molecule has 0 aliphatic carbocycles. The lowest BCUT2D eigenvalue weighted by molar-refractivity contribution is -0.153. The van der Waals surface area contributed by atoms with E-state index in [1.165, 1.54) is 32.6 Å². The van der Waals surface area contributed by atoms with Crippen LogP contribution in [0, 0.1) is 0 Å². The van der Waals surface area contributed by atoms with E-state index < -0.39 is 52.1 Å². The molecule has 0 bridgehead atoms. The standard InChI is InChI=1S/C25H33N5O6/c1-23(2)20(33)26-12-17-27-24(3,4)21(34)30(17)13-18(31)28-25(5,6)22(35)36-14-16(19(32)29-23)15-10-8-7-9-11-15/h7-11,16H,12-14H2,1-6H3,(H,26,33)(H,28,31)(H,29,32). The number of fused-ring (bicyclic) bond motifs is 1. The lowest BCUT2D eigenvalue weighted by atomic mass is 9.96. The van der Waals surface area contributed by atoms with Crippen LogP contribution in [0.5, 0.6) is 0 Å². The minimum Gasteiger partial charge on any atom is -0.463 e. The number of benzene rings is 1. The Balaban J connectivity index is 1.96. The smallest absolute Gasteiger partial charge is 0.331 e. The number of cyclic esters (lactones) is 1. The normalized spacial score (nSPS) is 24.6. The molecule has 1 aromatic carbocycles. The van der Waals surface area contributed by atoms with Crippen molar-refractivity contribution in [2.24, 2.45) is 4.99 Å². The zero-order valence-electron chi connectivity index (χ0n) is 21.4. The molecule has 2 heterocycles. The summed E-state index contributed by atoms with van der Waals surface area (Å²) in [6.07, 6.45) is 0. The number of carbonyl (C=O) groups excluding carboxylic acids is 5. The van der Waals surface area contributed by atoms with Crippen molar-refractivity contribution in [1.29, 1.82) is 0 Å². The van der Waals surface area contributed by atoms with E-state index in [0.717, 1.165) is 0 Å². The SMILES string of the molecule is CC1(C)N=C2CNC(=O)C(C)(C)NC(=O)C(c3ccccc3)COC(=O)C(C)(C)NC(=O)CN2C1=O. The number of carbonyl (C=O) groups is 5. The maximum Gasteiger partial charge on any atom is 0.331 e. The molecule has 194 valence electrons. The van der Waals surface area contributed by atoms with E-state index in [2.05, 4.69) is 20.9 Å². The zero-order chi connectivity index (χ0) is 26.9. The van der Waals surface area contributed by atoms with Gasteiger partial charge in [-0.15, -0.1) is 0 Å². The van der Waals surface area contributed by atoms with Crippen LogP contribution in [-0.2, 0) is 28.7 Å². The largest absolute Gasteiger partial charge is 0.463 e. The summed E-state index contributed by atoms with van der Waals surface area (Å²) in [6, 6.07) is 8.74. The van der Waals surface area contributed by atoms with Crippen molar-refractivity contribution in [2.75, 3.05) is 19.7 Å². The molecule has 11 heteroatoms. The summed E-state index contributed by atoms with van der Waals surface area (Å²) in [5, 5.41) is 8.02. The molecule has 1 aromatic rings. The van der Waals surface area contributed by atoms with E-state index in [9.17, 15) is 24.0 Å². The van der Waals surface area contributed by atoms with Crippen molar-refractivity contribution in [2.45, 2.75) is 64.1 Å². The highest BCUT2D eigenvalue weighted by Crippen LogP contribution is 2.23. The van der Waals surface area contributed by atoms with Crippen LogP contribution >= 0.6 is 0 Å². The fraction of sp³-hybridized carbons (Fsp3) is 0.520. The Morgan fingerprint density at radius 2 is 1.56 bits per heavy atom. The molecule has 1 atom stereocenters. The van der Waals surface area contributed by atoms with Crippen LogP contribution in [0.4, 0.5) is 0 Å². The highest BCUT2D eigenvalue weighted by molar-refractivity contribution is 6.11. The first-order valence-electron chi connectivity index (χ1n) is 11.7. The van der Waals surface area contributed by atoms with Gasteiger partial charge in [-0.3, -0.25) is 29.1 Å². The van der Waals surface area contributed by atoms with Gasteiger partial charge in [-0.2, -0.15) is 0 Å². The second kappa shape index (κ2) is 9.71. The number of hydrogen-bond acceptors (Lipinski definition) is 7. The van der Waals surface area contributed by atoms with Crippen molar-refractivity contribution in [1.82, 2.24) is 20.9 Å². The molecule has 1 saturated heterocycles. The van der Waals surface area contributed by atoms with Crippen LogP contribution in [0.15, 0.2) is 35.3 Å². The Morgan fingerprint density at radius 3 is 2.19 bits per heavy atom. The van der Waals surface area contributed by atoms with Crippen molar-refractivity contribution < 1.29 is 28.7 Å². The predicted octanol–water partition coefficient (Wildman–Crippen LogP) is 0.252. The summed E-state index contributed by atoms with van der Waals surface area (Å²) in [6.45, 7) is 8.41. The van der Waals surface area contributed by atoms with Crippen molar-refractivity contribution in [3.63, 3.8) is 0 Å². The van der Waals surface area contributed by atoms with E-state index in [-0.39, 0.29) is 25.5 Å². The molecule has 0 spiro atoms. The van der Waals surface area contributed by atoms with Crippen molar-refractivity contribution in [3.05, 3.63) is 35.9 Å². The molecule has 2 aliphatic rings. The fourth-order valence-electron chi connectivity index (χ4n) is 3.94. The molecular weight excluding hydrogens is 466 g/mol. The minimum atomic E-state index is -1.44. The average molecular weight is 500 g/mol. The van der Waals surface area contributed by atoms with Crippen LogP contribution in [0.3, 0.4) is 0 Å². The molecule has 1 unspecified atom stereocenters. The van der Waals surface area contributed by atoms with Gasteiger partial charge in [0.15, 0.2) is 0 Å². The molecule has 0 aromatic heterocycles. The van der Waals surface area contributed by atoms with Gasteiger partial charge in [0.1, 0.15) is 35.6 Å². The predicted molar refractivity (Wildman–Crippen MR) is 131 cm³/mol. The number of ether oxygens (including phenoxy) is 1. The van der Waals surface area contributed by atoms with Gasteiger partial charge in [0.2, 0.25) is 17.7 Å². The minimum absolute atomic E-state index is 0.131. The summed E-state index contributed by atoms with van der Waals surface area (Å²) in [7, 11) is 0. The summed E-state index contributed by atoms with van der Waals surface area (Å²) in [4.78, 5) is 70.4. The van der Waals surface area contributed by atoms with Crippen LogP contribution in [0.25, 0.3) is 0 Å². The maximum atomic E-state index is 13.3. The third-order valence-corrected chi connectivity index (χ3v) is 6.06. The Bertz CT molecular complexity index is 1110. The number of aliphatic imine (C=N–C) groups is 1. The second-order valence-electron chi connectivity index (χ2n) is 10.5. The lowest BCUT2D eigenvalue weighted by Gasteiger charge is -2.30. The number of nitrogens with one attached hydrogen (secondary N) is 3. The molecule has 4 amide bonds. The molecular formula is C25H33N5O6. The maximum absolute atomic E-state index is 13.3. The molecule has 0 saturated carbocycles. The average Bonchev–Trinajstić information content (AvgIpc) is 2.99. The number of nitrogens with zero attached hydrogens (tertiary/aromatic N) is 2. The van der Waals surface area contributed by atoms with E-state index in [4.69, 9.17) is 4.74 Å². The summed E-state index contributed by atoms with van der Waals surface area (Å²) in [5.41, 5.74) is -3.30. The van der Waals surface area contributed by atoms with Gasteiger partial charge < -0.3 is 20.7 Å². The van der Waals surface area contributed by atoms with Crippen LogP contribution in [0.1, 0.15) is 53.0 Å². The fourth-order valence-corrected chi connectivity index (χ4v) is 3.94. The van der Waals surface area contributed by atoms with E-state index in [1.807, 2.05) is 0 Å². The quantitative estimate of drug-likeness (QED) is 0.472. The Hall–Kier alpha value is -3.76. The first-order chi connectivity index (χ1) is 16.6. The van der Waals surface area contributed by atoms with Crippen LogP contribution < -0.4 is 16.0 Å². The number of rotatable bonds is 1.